The highest BCUT2D eigenvalue weighted by Gasteiger charge is 2.09. The third-order valence-electron chi connectivity index (χ3n) is 1.97. The third kappa shape index (κ3) is 4.72. The molecular formula is C10H12ClNO4S. The molecule has 94 valence electrons. The standard InChI is InChI=1S/C10H12ClNO4S/c11-7-1-2-10(13)12-8-3-5-9(6-4-8)17(14,15)16/h3-6H,1-2,7H2,(H,12,13)(H,14,15,16). The van der Waals surface area contributed by atoms with Gasteiger partial charge in [0.2, 0.25) is 5.91 Å². The summed E-state index contributed by atoms with van der Waals surface area (Å²) < 4.78 is 30.3. The predicted octanol–water partition coefficient (Wildman–Crippen LogP) is 1.89. The topological polar surface area (TPSA) is 83.5 Å². The van der Waals surface area contributed by atoms with Crippen molar-refractivity contribution in [3.8, 4) is 0 Å². The number of amides is 1. The zero-order chi connectivity index (χ0) is 12.9. The largest absolute Gasteiger partial charge is 0.326 e. The highest BCUT2D eigenvalue weighted by Crippen LogP contribution is 2.14. The summed E-state index contributed by atoms with van der Waals surface area (Å²) in [7, 11) is -4.19. The molecule has 1 aromatic carbocycles. The Hall–Kier alpha value is -1.11. The van der Waals surface area contributed by atoms with E-state index in [9.17, 15) is 13.2 Å². The van der Waals surface area contributed by atoms with Crippen LogP contribution < -0.4 is 5.32 Å². The highest BCUT2D eigenvalue weighted by atomic mass is 35.5. The van der Waals surface area contributed by atoms with Crippen molar-refractivity contribution < 1.29 is 17.8 Å². The first-order chi connectivity index (χ1) is 7.93. The van der Waals surface area contributed by atoms with E-state index in [1.807, 2.05) is 0 Å². The number of hydrogen-bond acceptors (Lipinski definition) is 3. The van der Waals surface area contributed by atoms with Crippen LogP contribution in [0.4, 0.5) is 5.69 Å². The van der Waals surface area contributed by atoms with Crippen LogP contribution in [0.25, 0.3) is 0 Å². The molecule has 0 saturated carbocycles. The maximum atomic E-state index is 11.3. The maximum absolute atomic E-state index is 11.3. The molecule has 0 fully saturated rings. The van der Waals surface area contributed by atoms with Crippen LogP contribution in [-0.4, -0.2) is 24.8 Å². The first-order valence-corrected chi connectivity index (χ1v) is 6.84. The lowest BCUT2D eigenvalue weighted by Crippen LogP contribution is -2.11. The predicted molar refractivity (Wildman–Crippen MR) is 64.8 cm³/mol. The van der Waals surface area contributed by atoms with Crippen LogP contribution in [0.1, 0.15) is 12.8 Å². The lowest BCUT2D eigenvalue weighted by Gasteiger charge is -2.04. The molecule has 0 spiro atoms. The first-order valence-electron chi connectivity index (χ1n) is 4.87. The lowest BCUT2D eigenvalue weighted by atomic mass is 10.3. The molecule has 2 N–H and O–H groups in total. The van der Waals surface area contributed by atoms with Crippen LogP contribution in [0.15, 0.2) is 29.2 Å². The van der Waals surface area contributed by atoms with Crippen molar-refractivity contribution >= 4 is 33.3 Å². The molecule has 5 nitrogen and oxygen atoms in total. The van der Waals surface area contributed by atoms with Crippen molar-refractivity contribution in [2.24, 2.45) is 0 Å². The van der Waals surface area contributed by atoms with Crippen LogP contribution in [0, 0.1) is 0 Å². The van der Waals surface area contributed by atoms with E-state index in [2.05, 4.69) is 5.32 Å². The molecule has 0 aliphatic rings. The number of anilines is 1. The summed E-state index contributed by atoms with van der Waals surface area (Å²) in [5.74, 6) is 0.222. The molecule has 0 unspecified atom stereocenters. The molecule has 1 amide bonds. The van der Waals surface area contributed by atoms with Crippen molar-refractivity contribution in [1.82, 2.24) is 0 Å². The molecule has 17 heavy (non-hydrogen) atoms. The molecular weight excluding hydrogens is 266 g/mol. The van der Waals surface area contributed by atoms with Gasteiger partial charge in [0, 0.05) is 18.0 Å². The third-order valence-corrected chi connectivity index (χ3v) is 3.11. The average molecular weight is 278 g/mol. The van der Waals surface area contributed by atoms with Gasteiger partial charge in [0.05, 0.1) is 4.90 Å². The van der Waals surface area contributed by atoms with Gasteiger partial charge in [0.25, 0.3) is 10.1 Å². The number of hydrogen-bond donors (Lipinski definition) is 2. The molecule has 0 aliphatic carbocycles. The zero-order valence-electron chi connectivity index (χ0n) is 8.89. The highest BCUT2D eigenvalue weighted by molar-refractivity contribution is 7.85. The minimum absolute atomic E-state index is 0.190. The fourth-order valence-corrected chi connectivity index (χ4v) is 1.77. The van der Waals surface area contributed by atoms with Gasteiger partial charge in [-0.25, -0.2) is 0 Å². The van der Waals surface area contributed by atoms with Crippen molar-refractivity contribution in [3.05, 3.63) is 24.3 Å². The van der Waals surface area contributed by atoms with Crippen molar-refractivity contribution in [3.63, 3.8) is 0 Å². The van der Waals surface area contributed by atoms with E-state index in [4.69, 9.17) is 16.2 Å². The molecule has 0 heterocycles. The second-order valence-electron chi connectivity index (χ2n) is 3.34. The zero-order valence-corrected chi connectivity index (χ0v) is 10.5. The maximum Gasteiger partial charge on any atom is 0.294 e. The smallest absolute Gasteiger partial charge is 0.294 e. The Kier molecular flexibility index (Phi) is 4.92. The van der Waals surface area contributed by atoms with E-state index >= 15 is 0 Å². The summed E-state index contributed by atoms with van der Waals surface area (Å²) in [6, 6.07) is 5.24. The van der Waals surface area contributed by atoms with Gasteiger partial charge >= 0.3 is 0 Å². The second-order valence-corrected chi connectivity index (χ2v) is 5.14. The molecule has 1 aromatic rings. The van der Waals surface area contributed by atoms with Gasteiger partial charge in [-0.2, -0.15) is 8.42 Å². The van der Waals surface area contributed by atoms with Gasteiger partial charge in [0.15, 0.2) is 0 Å². The summed E-state index contributed by atoms with van der Waals surface area (Å²) in [5.41, 5.74) is 0.469. The Bertz CT molecular complexity index is 484. The number of carbonyl (C=O) groups excluding carboxylic acids is 1. The van der Waals surface area contributed by atoms with Gasteiger partial charge in [-0.15, -0.1) is 11.6 Å². The quantitative estimate of drug-likeness (QED) is 0.636. The number of alkyl halides is 1. The van der Waals surface area contributed by atoms with E-state index in [1.165, 1.54) is 24.3 Å². The summed E-state index contributed by atoms with van der Waals surface area (Å²) >= 11 is 5.45. The van der Waals surface area contributed by atoms with Crippen molar-refractivity contribution in [2.45, 2.75) is 17.7 Å². The van der Waals surface area contributed by atoms with Crippen LogP contribution in [0.2, 0.25) is 0 Å². The molecule has 0 bridgehead atoms. The van der Waals surface area contributed by atoms with Crippen LogP contribution in [0.3, 0.4) is 0 Å². The molecule has 0 aromatic heterocycles. The second kappa shape index (κ2) is 6.00. The molecule has 0 aliphatic heterocycles. The van der Waals surface area contributed by atoms with Crippen LogP contribution in [0.5, 0.6) is 0 Å². The Balaban J connectivity index is 2.66. The Morgan fingerprint density at radius 3 is 2.35 bits per heavy atom. The normalized spacial score (nSPS) is 11.2. The SMILES string of the molecule is O=C(CCCCl)Nc1ccc(S(=O)(=O)O)cc1. The number of nitrogens with one attached hydrogen (secondary N) is 1. The Morgan fingerprint density at radius 2 is 1.88 bits per heavy atom. The lowest BCUT2D eigenvalue weighted by molar-refractivity contribution is -0.116. The molecule has 0 radical (unpaired) electrons. The van der Waals surface area contributed by atoms with Gasteiger partial charge in [0.1, 0.15) is 0 Å². The van der Waals surface area contributed by atoms with E-state index < -0.39 is 10.1 Å². The average Bonchev–Trinajstić information content (AvgIpc) is 2.26. The fraction of sp³-hybridized carbons (Fsp3) is 0.300. The van der Waals surface area contributed by atoms with E-state index in [0.717, 1.165) is 0 Å². The number of benzene rings is 1. The molecule has 0 saturated heterocycles. The number of carbonyl (C=O) groups is 1. The minimum Gasteiger partial charge on any atom is -0.326 e. The minimum atomic E-state index is -4.19. The fourth-order valence-electron chi connectivity index (χ4n) is 1.16. The summed E-state index contributed by atoms with van der Waals surface area (Å²) in [4.78, 5) is 11.1. The van der Waals surface area contributed by atoms with Crippen molar-refractivity contribution in [1.29, 1.82) is 0 Å². The van der Waals surface area contributed by atoms with Gasteiger partial charge in [-0.05, 0) is 30.7 Å². The van der Waals surface area contributed by atoms with E-state index in [-0.39, 0.29) is 10.8 Å². The van der Waals surface area contributed by atoms with Crippen LogP contribution in [-0.2, 0) is 14.9 Å². The Labute approximate surface area is 105 Å². The van der Waals surface area contributed by atoms with Gasteiger partial charge < -0.3 is 5.32 Å². The molecule has 1 rings (SSSR count). The van der Waals surface area contributed by atoms with Crippen LogP contribution >= 0.6 is 11.6 Å². The van der Waals surface area contributed by atoms with Gasteiger partial charge in [-0.3, -0.25) is 9.35 Å². The molecule has 7 heteroatoms. The monoisotopic (exact) mass is 277 g/mol. The first kappa shape index (κ1) is 14.0. The number of halogens is 1. The summed E-state index contributed by atoms with van der Waals surface area (Å²) in [6.07, 6.45) is 0.889. The van der Waals surface area contributed by atoms with Gasteiger partial charge in [-0.1, -0.05) is 0 Å². The van der Waals surface area contributed by atoms with E-state index in [0.29, 0.717) is 24.4 Å². The molecule has 0 atom stereocenters. The summed E-state index contributed by atoms with van der Waals surface area (Å²) in [5, 5.41) is 2.58. The Morgan fingerprint density at radius 1 is 1.29 bits per heavy atom. The number of rotatable bonds is 5. The van der Waals surface area contributed by atoms with Crippen molar-refractivity contribution in [2.75, 3.05) is 11.2 Å². The van der Waals surface area contributed by atoms with E-state index in [1.54, 1.807) is 0 Å². The summed E-state index contributed by atoms with van der Waals surface area (Å²) in [6.45, 7) is 0.